The molecule has 0 radical (unpaired) electrons. The summed E-state index contributed by atoms with van der Waals surface area (Å²) in [5.41, 5.74) is -0.0462. The van der Waals surface area contributed by atoms with Gasteiger partial charge in [-0.05, 0) is 39.2 Å². The molecule has 6 nitrogen and oxygen atoms in total. The quantitative estimate of drug-likeness (QED) is 0.357. The summed E-state index contributed by atoms with van der Waals surface area (Å²) in [5.74, 6) is 0.871. The van der Waals surface area contributed by atoms with Gasteiger partial charge in [-0.25, -0.2) is 0 Å². The van der Waals surface area contributed by atoms with Gasteiger partial charge in [-0.1, -0.05) is 0 Å². The van der Waals surface area contributed by atoms with Crippen LogP contribution in [0.3, 0.4) is 0 Å². The molecule has 2 fully saturated rings. The fourth-order valence-corrected chi connectivity index (χ4v) is 3.31. The molecule has 2 atom stereocenters. The number of likely N-dealkylation sites (tertiary alicyclic amines) is 1. The number of aliphatic imine (C=N–C) groups is 1. The molecule has 0 aliphatic carbocycles. The Kier molecular flexibility index (Phi) is 9.72. The lowest BCUT2D eigenvalue weighted by molar-refractivity contribution is 0.0242. The number of methoxy groups -OCH3 is 1. The van der Waals surface area contributed by atoms with Crippen LogP contribution in [0.2, 0.25) is 0 Å². The van der Waals surface area contributed by atoms with Crippen LogP contribution < -0.4 is 10.6 Å². The van der Waals surface area contributed by atoms with Crippen molar-refractivity contribution in [2.75, 3.05) is 53.6 Å². The summed E-state index contributed by atoms with van der Waals surface area (Å²) in [6, 6.07) is 0.576. The van der Waals surface area contributed by atoms with E-state index >= 15 is 0 Å². The van der Waals surface area contributed by atoms with E-state index in [0.29, 0.717) is 6.04 Å². The Hall–Kier alpha value is -0.120. The lowest BCUT2D eigenvalue weighted by Gasteiger charge is -2.27. The molecule has 0 saturated carbocycles. The molecule has 0 aromatic rings. The van der Waals surface area contributed by atoms with Crippen LogP contribution in [0.1, 0.15) is 32.6 Å². The van der Waals surface area contributed by atoms with Gasteiger partial charge in [0.25, 0.3) is 0 Å². The normalized spacial score (nSPS) is 28.7. The number of halogens is 1. The topological polar surface area (TPSA) is 58.1 Å². The number of guanidine groups is 1. The van der Waals surface area contributed by atoms with Crippen molar-refractivity contribution in [1.82, 2.24) is 15.5 Å². The average molecular weight is 440 g/mol. The molecule has 2 rings (SSSR count). The maximum atomic E-state index is 5.81. The molecule has 2 N–H and O–H groups in total. The van der Waals surface area contributed by atoms with E-state index < -0.39 is 0 Å². The molecule has 7 heteroatoms. The molecule has 2 aliphatic heterocycles. The van der Waals surface area contributed by atoms with Crippen molar-refractivity contribution in [2.45, 2.75) is 44.2 Å². The largest absolute Gasteiger partial charge is 0.383 e. The van der Waals surface area contributed by atoms with E-state index in [1.165, 1.54) is 19.4 Å². The van der Waals surface area contributed by atoms with Crippen molar-refractivity contribution < 1.29 is 9.47 Å². The van der Waals surface area contributed by atoms with Crippen LogP contribution in [0.4, 0.5) is 0 Å². The molecule has 0 spiro atoms. The predicted octanol–water partition coefficient (Wildman–Crippen LogP) is 1.45. The molecule has 0 aromatic carbocycles. The zero-order chi connectivity index (χ0) is 15.8. The van der Waals surface area contributed by atoms with Crippen LogP contribution in [0.5, 0.6) is 0 Å². The second kappa shape index (κ2) is 10.7. The van der Waals surface area contributed by atoms with Crippen LogP contribution in [0, 0.1) is 0 Å². The van der Waals surface area contributed by atoms with Crippen LogP contribution in [0.15, 0.2) is 4.99 Å². The van der Waals surface area contributed by atoms with Gasteiger partial charge in [0.05, 0.1) is 12.2 Å². The monoisotopic (exact) mass is 440 g/mol. The molecular weight excluding hydrogens is 407 g/mol. The summed E-state index contributed by atoms with van der Waals surface area (Å²) in [4.78, 5) is 6.83. The summed E-state index contributed by atoms with van der Waals surface area (Å²) in [5, 5.41) is 6.86. The summed E-state index contributed by atoms with van der Waals surface area (Å²) in [6.45, 7) is 7.78. The molecule has 0 amide bonds. The fraction of sp³-hybridized carbons (Fsp3) is 0.938. The second-order valence-corrected chi connectivity index (χ2v) is 6.53. The Morgan fingerprint density at radius 1 is 1.39 bits per heavy atom. The molecule has 0 aromatic heterocycles. The summed E-state index contributed by atoms with van der Waals surface area (Å²) in [6.07, 6.45) is 4.79. The fourth-order valence-electron chi connectivity index (χ4n) is 3.31. The SMILES string of the molecule is CN=C(NCC1CCCN1CCOC)NCC1(C)CCCO1.I. The number of hydrogen-bond acceptors (Lipinski definition) is 4. The second-order valence-electron chi connectivity index (χ2n) is 6.53. The van der Waals surface area contributed by atoms with Crippen molar-refractivity contribution in [3.63, 3.8) is 0 Å². The van der Waals surface area contributed by atoms with E-state index in [0.717, 1.165) is 51.6 Å². The van der Waals surface area contributed by atoms with Gasteiger partial charge in [-0.3, -0.25) is 9.89 Å². The van der Waals surface area contributed by atoms with Crippen molar-refractivity contribution >= 4 is 29.9 Å². The number of hydrogen-bond donors (Lipinski definition) is 2. The lowest BCUT2D eigenvalue weighted by atomic mass is 10.0. The first-order valence-corrected chi connectivity index (χ1v) is 8.48. The highest BCUT2D eigenvalue weighted by Crippen LogP contribution is 2.23. The van der Waals surface area contributed by atoms with Crippen LogP contribution in [-0.4, -0.2) is 76.1 Å². The Labute approximate surface area is 157 Å². The predicted molar refractivity (Wildman–Crippen MR) is 105 cm³/mol. The first kappa shape index (κ1) is 20.9. The molecule has 2 saturated heterocycles. The van der Waals surface area contributed by atoms with Gasteiger partial charge < -0.3 is 20.1 Å². The Bertz CT molecular complexity index is 362. The van der Waals surface area contributed by atoms with E-state index in [-0.39, 0.29) is 29.6 Å². The van der Waals surface area contributed by atoms with Gasteiger partial charge in [0.2, 0.25) is 0 Å². The Balaban J connectivity index is 0.00000264. The molecule has 2 unspecified atom stereocenters. The van der Waals surface area contributed by atoms with Crippen molar-refractivity contribution in [2.24, 2.45) is 4.99 Å². The summed E-state index contributed by atoms with van der Waals surface area (Å²) < 4.78 is 11.0. The van der Waals surface area contributed by atoms with E-state index in [1.54, 1.807) is 7.11 Å². The molecular formula is C16H33IN4O2. The van der Waals surface area contributed by atoms with E-state index in [2.05, 4.69) is 27.4 Å². The van der Waals surface area contributed by atoms with Gasteiger partial charge >= 0.3 is 0 Å². The third kappa shape index (κ3) is 6.72. The first-order chi connectivity index (χ1) is 10.7. The Morgan fingerprint density at radius 3 is 2.87 bits per heavy atom. The number of nitrogens with zero attached hydrogens (tertiary/aromatic N) is 2. The highest BCUT2D eigenvalue weighted by Gasteiger charge is 2.30. The van der Waals surface area contributed by atoms with E-state index in [1.807, 2.05) is 7.05 Å². The zero-order valence-electron chi connectivity index (χ0n) is 14.8. The first-order valence-electron chi connectivity index (χ1n) is 8.48. The van der Waals surface area contributed by atoms with Gasteiger partial charge in [0, 0.05) is 46.4 Å². The highest BCUT2D eigenvalue weighted by atomic mass is 127. The molecule has 0 bridgehead atoms. The molecule has 23 heavy (non-hydrogen) atoms. The van der Waals surface area contributed by atoms with E-state index in [4.69, 9.17) is 9.47 Å². The third-order valence-electron chi connectivity index (χ3n) is 4.74. The van der Waals surface area contributed by atoms with Gasteiger partial charge in [0.1, 0.15) is 0 Å². The summed E-state index contributed by atoms with van der Waals surface area (Å²) in [7, 11) is 3.59. The maximum absolute atomic E-state index is 5.81. The van der Waals surface area contributed by atoms with Gasteiger partial charge in [0.15, 0.2) is 5.96 Å². The van der Waals surface area contributed by atoms with Crippen molar-refractivity contribution in [3.05, 3.63) is 0 Å². The minimum atomic E-state index is -0.0462. The van der Waals surface area contributed by atoms with Gasteiger partial charge in [-0.2, -0.15) is 0 Å². The minimum Gasteiger partial charge on any atom is -0.383 e. The summed E-state index contributed by atoms with van der Waals surface area (Å²) >= 11 is 0. The van der Waals surface area contributed by atoms with Gasteiger partial charge in [-0.15, -0.1) is 24.0 Å². The third-order valence-corrected chi connectivity index (χ3v) is 4.74. The van der Waals surface area contributed by atoms with Crippen molar-refractivity contribution in [1.29, 1.82) is 0 Å². The molecule has 2 heterocycles. The standard InChI is InChI=1S/C16H32N4O2.HI/c1-16(7-5-10-22-16)13-19-15(17-2)18-12-14-6-4-8-20(14)9-11-21-3;/h14H,4-13H2,1-3H3,(H2,17,18,19);1H. The number of ether oxygens (including phenoxy) is 2. The van der Waals surface area contributed by atoms with E-state index in [9.17, 15) is 0 Å². The number of nitrogens with one attached hydrogen (secondary N) is 2. The lowest BCUT2D eigenvalue weighted by Crippen LogP contribution is -2.49. The molecule has 2 aliphatic rings. The zero-order valence-corrected chi connectivity index (χ0v) is 17.1. The maximum Gasteiger partial charge on any atom is 0.191 e. The van der Waals surface area contributed by atoms with Crippen LogP contribution in [-0.2, 0) is 9.47 Å². The Morgan fingerprint density at radius 2 is 2.22 bits per heavy atom. The minimum absolute atomic E-state index is 0. The smallest absolute Gasteiger partial charge is 0.191 e. The number of rotatable bonds is 7. The highest BCUT2D eigenvalue weighted by molar-refractivity contribution is 14.0. The average Bonchev–Trinajstić information content (AvgIpc) is 3.15. The van der Waals surface area contributed by atoms with Crippen LogP contribution in [0.25, 0.3) is 0 Å². The molecule has 136 valence electrons. The van der Waals surface area contributed by atoms with Crippen molar-refractivity contribution in [3.8, 4) is 0 Å². The van der Waals surface area contributed by atoms with Crippen LogP contribution >= 0.6 is 24.0 Å².